The Hall–Kier alpha value is -3.23. The molecule has 4 rings (SSSR count). The fourth-order valence-electron chi connectivity index (χ4n) is 4.08. The van der Waals surface area contributed by atoms with Crippen molar-refractivity contribution in [2.45, 2.75) is 39.0 Å². The fraction of sp³-hybridized carbons (Fsp3) is 0.333. The molecule has 0 aliphatic carbocycles. The van der Waals surface area contributed by atoms with Crippen LogP contribution in [0.25, 0.3) is 0 Å². The van der Waals surface area contributed by atoms with E-state index >= 15 is 0 Å². The molecule has 1 aliphatic heterocycles. The minimum absolute atomic E-state index is 0.0793. The SMILES string of the molecule is Cc1cccc(NC(=O)N(CC(=O)N(Cc2ccc(F)cc2)Cc2cccs2)CC2CCCO2)c1. The van der Waals surface area contributed by atoms with Crippen LogP contribution >= 0.6 is 11.3 Å². The number of hydrogen-bond donors (Lipinski definition) is 1. The first-order valence-electron chi connectivity index (χ1n) is 11.7. The number of carbonyl (C=O) groups excluding carboxylic acids is 2. The van der Waals surface area contributed by atoms with Gasteiger partial charge in [0, 0.05) is 30.3 Å². The van der Waals surface area contributed by atoms with Gasteiger partial charge in [0.05, 0.1) is 12.6 Å². The highest BCUT2D eigenvalue weighted by Gasteiger charge is 2.27. The molecule has 3 amide bonds. The molecular formula is C27H30FN3O3S. The van der Waals surface area contributed by atoms with Gasteiger partial charge in [0.1, 0.15) is 12.4 Å². The third-order valence-corrected chi connectivity index (χ3v) is 6.76. The normalized spacial score (nSPS) is 15.1. The molecule has 2 aromatic carbocycles. The van der Waals surface area contributed by atoms with E-state index in [1.54, 1.807) is 28.4 Å². The van der Waals surface area contributed by atoms with Crippen molar-refractivity contribution in [2.24, 2.45) is 0 Å². The van der Waals surface area contributed by atoms with E-state index in [-0.39, 0.29) is 30.4 Å². The van der Waals surface area contributed by atoms with Crippen LogP contribution in [0.5, 0.6) is 0 Å². The van der Waals surface area contributed by atoms with Crippen LogP contribution in [0.4, 0.5) is 14.9 Å². The molecule has 0 bridgehead atoms. The van der Waals surface area contributed by atoms with Crippen molar-refractivity contribution < 1.29 is 18.7 Å². The first-order chi connectivity index (χ1) is 17.0. The van der Waals surface area contributed by atoms with Gasteiger partial charge in [-0.3, -0.25) is 4.79 Å². The summed E-state index contributed by atoms with van der Waals surface area (Å²) in [6.07, 6.45) is 1.71. The molecule has 1 unspecified atom stereocenters. The van der Waals surface area contributed by atoms with Crippen molar-refractivity contribution in [1.82, 2.24) is 9.80 Å². The first kappa shape index (κ1) is 24.9. The lowest BCUT2D eigenvalue weighted by atomic mass is 10.2. The van der Waals surface area contributed by atoms with E-state index in [0.717, 1.165) is 28.8 Å². The number of carbonyl (C=O) groups is 2. The summed E-state index contributed by atoms with van der Waals surface area (Å²) < 4.78 is 19.2. The van der Waals surface area contributed by atoms with Crippen LogP contribution in [0, 0.1) is 12.7 Å². The third-order valence-electron chi connectivity index (χ3n) is 5.90. The largest absolute Gasteiger partial charge is 0.376 e. The Labute approximate surface area is 209 Å². The van der Waals surface area contributed by atoms with Crippen molar-refractivity contribution in [3.05, 3.63) is 87.9 Å². The maximum atomic E-state index is 13.5. The number of aryl methyl sites for hydroxylation is 1. The van der Waals surface area contributed by atoms with Gasteiger partial charge in [-0.1, -0.05) is 30.3 Å². The fourth-order valence-corrected chi connectivity index (χ4v) is 4.79. The Morgan fingerprint density at radius 3 is 2.60 bits per heavy atom. The highest BCUT2D eigenvalue weighted by atomic mass is 32.1. The van der Waals surface area contributed by atoms with E-state index in [9.17, 15) is 14.0 Å². The van der Waals surface area contributed by atoms with Gasteiger partial charge in [-0.2, -0.15) is 0 Å². The molecule has 6 nitrogen and oxygen atoms in total. The zero-order valence-corrected chi connectivity index (χ0v) is 20.6. The Bertz CT molecular complexity index is 1110. The summed E-state index contributed by atoms with van der Waals surface area (Å²) in [4.78, 5) is 31.0. The lowest BCUT2D eigenvalue weighted by Crippen LogP contribution is -2.46. The lowest BCUT2D eigenvalue weighted by molar-refractivity contribution is -0.133. The molecule has 2 heterocycles. The Morgan fingerprint density at radius 1 is 1.09 bits per heavy atom. The number of anilines is 1. The van der Waals surface area contributed by atoms with Gasteiger partial charge in [0.2, 0.25) is 5.91 Å². The summed E-state index contributed by atoms with van der Waals surface area (Å²) in [6.45, 7) is 3.63. The summed E-state index contributed by atoms with van der Waals surface area (Å²) in [6, 6.07) is 17.3. The third kappa shape index (κ3) is 7.37. The summed E-state index contributed by atoms with van der Waals surface area (Å²) >= 11 is 1.57. The predicted molar refractivity (Wildman–Crippen MR) is 136 cm³/mol. The lowest BCUT2D eigenvalue weighted by Gasteiger charge is -2.29. The van der Waals surface area contributed by atoms with E-state index in [1.807, 2.05) is 48.7 Å². The molecule has 1 fully saturated rings. The standard InChI is InChI=1S/C27H30FN3O3S/c1-20-5-2-6-23(15-20)29-27(33)31(17-24-7-3-13-34-24)19-26(32)30(18-25-8-4-14-35-25)16-21-9-11-22(28)12-10-21/h2,4-6,8-12,14-15,24H,3,7,13,16-19H2,1H3,(H,29,33). The molecule has 8 heteroatoms. The van der Waals surface area contributed by atoms with E-state index in [0.29, 0.717) is 31.9 Å². The molecule has 3 aromatic rings. The van der Waals surface area contributed by atoms with Crippen molar-refractivity contribution >= 4 is 29.0 Å². The summed E-state index contributed by atoms with van der Waals surface area (Å²) in [5, 5.41) is 4.89. The van der Waals surface area contributed by atoms with Crippen LogP contribution in [0.1, 0.15) is 28.8 Å². The van der Waals surface area contributed by atoms with Gasteiger partial charge >= 0.3 is 6.03 Å². The first-order valence-corrected chi connectivity index (χ1v) is 12.6. The second-order valence-electron chi connectivity index (χ2n) is 8.77. The molecule has 0 spiro atoms. The summed E-state index contributed by atoms with van der Waals surface area (Å²) in [7, 11) is 0. The minimum Gasteiger partial charge on any atom is -0.376 e. The smallest absolute Gasteiger partial charge is 0.322 e. The molecule has 35 heavy (non-hydrogen) atoms. The van der Waals surface area contributed by atoms with Gasteiger partial charge in [-0.15, -0.1) is 11.3 Å². The second-order valence-corrected chi connectivity index (χ2v) is 9.80. The number of thiophene rings is 1. The number of benzene rings is 2. The molecule has 1 saturated heterocycles. The number of nitrogens with one attached hydrogen (secondary N) is 1. The van der Waals surface area contributed by atoms with Gasteiger partial charge in [0.25, 0.3) is 0 Å². The predicted octanol–water partition coefficient (Wildman–Crippen LogP) is 5.44. The zero-order valence-electron chi connectivity index (χ0n) is 19.8. The van der Waals surface area contributed by atoms with Crippen LogP contribution in [0.2, 0.25) is 0 Å². The van der Waals surface area contributed by atoms with Gasteiger partial charge in [-0.25, -0.2) is 9.18 Å². The van der Waals surface area contributed by atoms with Gasteiger partial charge in [-0.05, 0) is 66.6 Å². The molecule has 1 atom stereocenters. The van der Waals surface area contributed by atoms with Crippen LogP contribution in [0.3, 0.4) is 0 Å². The molecule has 184 valence electrons. The number of urea groups is 1. The van der Waals surface area contributed by atoms with E-state index in [4.69, 9.17) is 4.74 Å². The average Bonchev–Trinajstić information content (AvgIpc) is 3.54. The molecule has 1 aromatic heterocycles. The maximum Gasteiger partial charge on any atom is 0.322 e. The average molecular weight is 496 g/mol. The van der Waals surface area contributed by atoms with Crippen molar-refractivity contribution in [2.75, 3.05) is 25.0 Å². The number of halogens is 1. The maximum absolute atomic E-state index is 13.5. The van der Waals surface area contributed by atoms with Crippen LogP contribution in [-0.4, -0.2) is 47.5 Å². The molecule has 1 aliphatic rings. The Balaban J connectivity index is 1.50. The molecule has 0 radical (unpaired) electrons. The van der Waals surface area contributed by atoms with E-state index in [2.05, 4.69) is 5.32 Å². The Kier molecular flexibility index (Phi) is 8.50. The molecular weight excluding hydrogens is 465 g/mol. The molecule has 0 saturated carbocycles. The summed E-state index contributed by atoms with van der Waals surface area (Å²) in [5.74, 6) is -0.499. The number of ether oxygens (including phenoxy) is 1. The highest BCUT2D eigenvalue weighted by molar-refractivity contribution is 7.09. The van der Waals surface area contributed by atoms with Gasteiger partial charge < -0.3 is 19.9 Å². The van der Waals surface area contributed by atoms with Crippen LogP contribution < -0.4 is 5.32 Å². The van der Waals surface area contributed by atoms with Crippen LogP contribution in [0.15, 0.2) is 66.0 Å². The van der Waals surface area contributed by atoms with Gasteiger partial charge in [0.15, 0.2) is 0 Å². The molecule has 1 N–H and O–H groups in total. The zero-order chi connectivity index (χ0) is 24.6. The highest BCUT2D eigenvalue weighted by Crippen LogP contribution is 2.18. The topological polar surface area (TPSA) is 61.9 Å². The quantitative estimate of drug-likeness (QED) is 0.430. The van der Waals surface area contributed by atoms with Crippen molar-refractivity contribution in [3.63, 3.8) is 0 Å². The number of amides is 3. The van der Waals surface area contributed by atoms with E-state index in [1.165, 1.54) is 17.0 Å². The Morgan fingerprint density at radius 2 is 1.91 bits per heavy atom. The van der Waals surface area contributed by atoms with E-state index < -0.39 is 0 Å². The number of rotatable bonds is 9. The van der Waals surface area contributed by atoms with Crippen LogP contribution in [-0.2, 0) is 22.6 Å². The summed E-state index contributed by atoms with van der Waals surface area (Å²) in [5.41, 5.74) is 2.54. The monoisotopic (exact) mass is 495 g/mol. The van der Waals surface area contributed by atoms with Crippen molar-refractivity contribution in [3.8, 4) is 0 Å². The minimum atomic E-state index is -0.336. The second kappa shape index (κ2) is 12.0. The number of nitrogens with zero attached hydrogens (tertiary/aromatic N) is 2. The number of hydrogen-bond acceptors (Lipinski definition) is 4. The van der Waals surface area contributed by atoms with Crippen molar-refractivity contribution in [1.29, 1.82) is 0 Å².